The smallest absolute Gasteiger partial charge is 0.134 e. The van der Waals surface area contributed by atoms with Gasteiger partial charge in [-0.3, -0.25) is 0 Å². The molecule has 0 spiro atoms. The largest absolute Gasteiger partial charge is 0.390 e. The summed E-state index contributed by atoms with van der Waals surface area (Å²) >= 11 is 5.87. The Bertz CT molecular complexity index is 347. The van der Waals surface area contributed by atoms with Gasteiger partial charge in [0.15, 0.2) is 0 Å². The average Bonchev–Trinajstić information content (AvgIpc) is 2.28. The summed E-state index contributed by atoms with van der Waals surface area (Å²) in [5.74, 6) is 0. The summed E-state index contributed by atoms with van der Waals surface area (Å²) in [6.45, 7) is 2.49. The van der Waals surface area contributed by atoms with E-state index in [-0.39, 0.29) is 5.15 Å². The Kier molecular flexibility index (Phi) is 5.15. The molecule has 2 unspecified atom stereocenters. The van der Waals surface area contributed by atoms with E-state index in [2.05, 4.69) is 10.3 Å². The van der Waals surface area contributed by atoms with Crippen molar-refractivity contribution in [3.63, 3.8) is 0 Å². The molecule has 90 valence electrons. The van der Waals surface area contributed by atoms with Crippen LogP contribution in [0.15, 0.2) is 12.3 Å². The van der Waals surface area contributed by atoms with Crippen molar-refractivity contribution in [2.45, 2.75) is 25.6 Å². The Hall–Kier alpha value is -0.680. The monoisotopic (exact) mass is 244 g/mol. The van der Waals surface area contributed by atoms with Crippen molar-refractivity contribution in [2.24, 2.45) is 0 Å². The van der Waals surface area contributed by atoms with Crippen LogP contribution < -0.4 is 5.32 Å². The van der Waals surface area contributed by atoms with Crippen LogP contribution in [0.2, 0.25) is 5.15 Å². The fourth-order valence-corrected chi connectivity index (χ4v) is 1.66. The van der Waals surface area contributed by atoms with E-state index in [4.69, 9.17) is 11.6 Å². The van der Waals surface area contributed by atoms with Crippen LogP contribution in [0.1, 0.15) is 23.7 Å². The normalized spacial score (nSPS) is 14.8. The van der Waals surface area contributed by atoms with Crippen LogP contribution >= 0.6 is 11.6 Å². The molecule has 1 aromatic heterocycles. The van der Waals surface area contributed by atoms with Crippen LogP contribution in [0.25, 0.3) is 0 Å². The Labute approximate surface area is 100 Å². The summed E-state index contributed by atoms with van der Waals surface area (Å²) in [7, 11) is 1.79. The van der Waals surface area contributed by atoms with Crippen LogP contribution in [0, 0.1) is 6.92 Å². The van der Waals surface area contributed by atoms with Gasteiger partial charge in [0, 0.05) is 11.8 Å². The highest BCUT2D eigenvalue weighted by Crippen LogP contribution is 2.25. The van der Waals surface area contributed by atoms with Crippen molar-refractivity contribution in [3.8, 4) is 0 Å². The van der Waals surface area contributed by atoms with E-state index in [0.717, 1.165) is 5.56 Å². The first-order valence-corrected chi connectivity index (χ1v) is 5.56. The Morgan fingerprint density at radius 3 is 2.81 bits per heavy atom. The molecular formula is C11H17ClN2O2. The highest BCUT2D eigenvalue weighted by atomic mass is 35.5. The minimum Gasteiger partial charge on any atom is -0.390 e. The summed E-state index contributed by atoms with van der Waals surface area (Å²) in [5, 5.41) is 22.8. The molecule has 0 aliphatic rings. The number of nitrogens with zero attached hydrogens (tertiary/aromatic N) is 1. The Morgan fingerprint density at radius 2 is 2.19 bits per heavy atom. The molecular weight excluding hydrogens is 228 g/mol. The molecule has 5 heteroatoms. The molecule has 1 heterocycles. The Morgan fingerprint density at radius 1 is 1.50 bits per heavy atom. The van der Waals surface area contributed by atoms with Crippen molar-refractivity contribution in [1.82, 2.24) is 10.3 Å². The van der Waals surface area contributed by atoms with Gasteiger partial charge in [0.05, 0.1) is 6.10 Å². The number of hydrogen-bond acceptors (Lipinski definition) is 4. The zero-order chi connectivity index (χ0) is 12.1. The van der Waals surface area contributed by atoms with Crippen molar-refractivity contribution in [2.75, 3.05) is 13.6 Å². The number of nitrogens with one attached hydrogen (secondary N) is 1. The van der Waals surface area contributed by atoms with E-state index in [9.17, 15) is 10.2 Å². The molecule has 4 nitrogen and oxygen atoms in total. The van der Waals surface area contributed by atoms with Gasteiger partial charge in [0.25, 0.3) is 0 Å². The quantitative estimate of drug-likeness (QED) is 0.678. The number of hydrogen-bond donors (Lipinski definition) is 3. The first kappa shape index (κ1) is 13.4. The maximum atomic E-state index is 9.92. The van der Waals surface area contributed by atoms with E-state index in [1.54, 1.807) is 19.3 Å². The van der Waals surface area contributed by atoms with E-state index in [0.29, 0.717) is 18.5 Å². The predicted molar refractivity (Wildman–Crippen MR) is 63.5 cm³/mol. The number of aromatic nitrogens is 1. The third kappa shape index (κ3) is 3.42. The van der Waals surface area contributed by atoms with Crippen LogP contribution in [0.3, 0.4) is 0 Å². The van der Waals surface area contributed by atoms with Gasteiger partial charge in [-0.25, -0.2) is 4.98 Å². The van der Waals surface area contributed by atoms with E-state index >= 15 is 0 Å². The SMILES string of the molecule is CNCCC(O)C(O)c1cc(C)cnc1Cl. The van der Waals surface area contributed by atoms with Crippen LogP contribution in [-0.4, -0.2) is 34.9 Å². The second-order valence-electron chi connectivity index (χ2n) is 3.80. The topological polar surface area (TPSA) is 65.4 Å². The fourth-order valence-electron chi connectivity index (χ4n) is 1.44. The van der Waals surface area contributed by atoms with Gasteiger partial charge in [-0.1, -0.05) is 11.6 Å². The maximum Gasteiger partial charge on any atom is 0.134 e. The molecule has 0 amide bonds. The first-order chi connectivity index (χ1) is 7.56. The molecule has 0 aliphatic carbocycles. The van der Waals surface area contributed by atoms with E-state index in [1.807, 2.05) is 6.92 Å². The molecule has 16 heavy (non-hydrogen) atoms. The molecule has 0 bridgehead atoms. The molecule has 0 saturated carbocycles. The second-order valence-corrected chi connectivity index (χ2v) is 4.16. The summed E-state index contributed by atoms with van der Waals surface area (Å²) in [6, 6.07) is 1.74. The number of aliphatic hydroxyl groups excluding tert-OH is 2. The molecule has 2 atom stereocenters. The fraction of sp³-hybridized carbons (Fsp3) is 0.545. The first-order valence-electron chi connectivity index (χ1n) is 5.19. The summed E-state index contributed by atoms with van der Waals surface area (Å²) in [5.41, 5.74) is 1.38. The molecule has 0 aliphatic heterocycles. The number of halogens is 1. The molecule has 1 aromatic rings. The van der Waals surface area contributed by atoms with Gasteiger partial charge in [0.1, 0.15) is 11.3 Å². The minimum atomic E-state index is -0.992. The average molecular weight is 245 g/mol. The number of aryl methyl sites for hydroxylation is 1. The standard InChI is InChI=1S/C11H17ClN2O2/c1-7-5-8(11(12)14-6-7)10(16)9(15)3-4-13-2/h5-6,9-10,13,15-16H,3-4H2,1-2H3. The number of aliphatic hydroxyl groups is 2. The van der Waals surface area contributed by atoms with Crippen LogP contribution in [0.5, 0.6) is 0 Å². The minimum absolute atomic E-state index is 0.238. The molecule has 1 rings (SSSR count). The van der Waals surface area contributed by atoms with Crippen molar-refractivity contribution in [1.29, 1.82) is 0 Å². The van der Waals surface area contributed by atoms with Gasteiger partial charge < -0.3 is 15.5 Å². The molecule has 0 radical (unpaired) electrons. The summed E-state index contributed by atoms with van der Waals surface area (Å²) in [6.07, 6.45) is 0.252. The van der Waals surface area contributed by atoms with Gasteiger partial charge in [-0.2, -0.15) is 0 Å². The molecule has 0 fully saturated rings. The predicted octanol–water partition coefficient (Wildman–Crippen LogP) is 1.05. The van der Waals surface area contributed by atoms with Crippen LogP contribution in [0.4, 0.5) is 0 Å². The summed E-state index contributed by atoms with van der Waals surface area (Å²) < 4.78 is 0. The van der Waals surface area contributed by atoms with E-state index in [1.165, 1.54) is 0 Å². The van der Waals surface area contributed by atoms with Gasteiger partial charge in [-0.05, 0) is 38.6 Å². The lowest BCUT2D eigenvalue weighted by Gasteiger charge is -2.19. The number of pyridine rings is 1. The van der Waals surface area contributed by atoms with Crippen molar-refractivity contribution in [3.05, 3.63) is 28.5 Å². The molecule has 0 saturated heterocycles. The van der Waals surface area contributed by atoms with Gasteiger partial charge in [0.2, 0.25) is 0 Å². The lowest BCUT2D eigenvalue weighted by Crippen LogP contribution is -2.23. The number of rotatable bonds is 5. The maximum absolute atomic E-state index is 9.92. The lowest BCUT2D eigenvalue weighted by molar-refractivity contribution is 0.0139. The second kappa shape index (κ2) is 6.15. The lowest BCUT2D eigenvalue weighted by atomic mass is 10.0. The zero-order valence-corrected chi connectivity index (χ0v) is 10.2. The molecule has 3 N–H and O–H groups in total. The highest BCUT2D eigenvalue weighted by molar-refractivity contribution is 6.30. The van der Waals surface area contributed by atoms with Crippen LogP contribution in [-0.2, 0) is 0 Å². The van der Waals surface area contributed by atoms with Crippen molar-refractivity contribution < 1.29 is 10.2 Å². The highest BCUT2D eigenvalue weighted by Gasteiger charge is 2.21. The third-order valence-corrected chi connectivity index (χ3v) is 2.69. The zero-order valence-electron chi connectivity index (χ0n) is 9.44. The van der Waals surface area contributed by atoms with E-state index < -0.39 is 12.2 Å². The van der Waals surface area contributed by atoms with Crippen molar-refractivity contribution >= 4 is 11.6 Å². The molecule has 0 aromatic carbocycles. The summed E-state index contributed by atoms with van der Waals surface area (Å²) in [4.78, 5) is 3.94. The van der Waals surface area contributed by atoms with Gasteiger partial charge >= 0.3 is 0 Å². The van der Waals surface area contributed by atoms with Gasteiger partial charge in [-0.15, -0.1) is 0 Å². The third-order valence-electron chi connectivity index (χ3n) is 2.38. The Balaban J connectivity index is 2.78.